The third kappa shape index (κ3) is 1.56. The van der Waals surface area contributed by atoms with E-state index in [1.54, 1.807) is 6.20 Å². The van der Waals surface area contributed by atoms with Crippen molar-refractivity contribution in [3.8, 4) is 0 Å². The molecule has 0 saturated heterocycles. The largest absolute Gasteiger partial charge is 0.397 e. The minimum atomic E-state index is 0.701. The molecule has 3 heteroatoms. The number of anilines is 1. The zero-order valence-electron chi connectivity index (χ0n) is 7.33. The van der Waals surface area contributed by atoms with Crippen LogP contribution in [0.5, 0.6) is 0 Å². The van der Waals surface area contributed by atoms with Crippen LogP contribution in [0.1, 0.15) is 13.8 Å². The number of pyridine rings is 1. The molecule has 0 aromatic carbocycles. The topological polar surface area (TPSA) is 54.7 Å². The van der Waals surface area contributed by atoms with E-state index >= 15 is 0 Å². The third-order valence-corrected chi connectivity index (χ3v) is 1.42. The number of H-pyrrole nitrogens is 1. The van der Waals surface area contributed by atoms with Gasteiger partial charge in [0, 0.05) is 11.6 Å². The minimum Gasteiger partial charge on any atom is -0.397 e. The van der Waals surface area contributed by atoms with Gasteiger partial charge >= 0.3 is 0 Å². The van der Waals surface area contributed by atoms with Crippen LogP contribution in [0.2, 0.25) is 0 Å². The van der Waals surface area contributed by atoms with Gasteiger partial charge in [0.25, 0.3) is 0 Å². The lowest BCUT2D eigenvalue weighted by Gasteiger charge is -1.89. The maximum atomic E-state index is 5.51. The van der Waals surface area contributed by atoms with Crippen LogP contribution in [0, 0.1) is 0 Å². The van der Waals surface area contributed by atoms with Crippen LogP contribution in [-0.4, -0.2) is 9.97 Å². The molecule has 0 saturated carbocycles. The van der Waals surface area contributed by atoms with E-state index < -0.39 is 0 Å². The molecule has 2 heterocycles. The molecular weight excluding hydrogens is 150 g/mol. The molecule has 0 radical (unpaired) electrons. The van der Waals surface area contributed by atoms with E-state index in [9.17, 15) is 0 Å². The number of hydrogen-bond acceptors (Lipinski definition) is 2. The summed E-state index contributed by atoms with van der Waals surface area (Å²) in [6.07, 6.45) is 3.48. The van der Waals surface area contributed by atoms with E-state index in [4.69, 9.17) is 5.73 Å². The van der Waals surface area contributed by atoms with Crippen molar-refractivity contribution in [2.24, 2.45) is 0 Å². The van der Waals surface area contributed by atoms with Gasteiger partial charge < -0.3 is 10.7 Å². The van der Waals surface area contributed by atoms with Crippen LogP contribution in [0.25, 0.3) is 11.0 Å². The van der Waals surface area contributed by atoms with Crippen molar-refractivity contribution in [3.05, 3.63) is 24.5 Å². The van der Waals surface area contributed by atoms with Gasteiger partial charge in [0.2, 0.25) is 0 Å². The Labute approximate surface area is 71.6 Å². The summed E-state index contributed by atoms with van der Waals surface area (Å²) >= 11 is 0. The van der Waals surface area contributed by atoms with Gasteiger partial charge in [-0.2, -0.15) is 0 Å². The van der Waals surface area contributed by atoms with E-state index in [1.807, 2.05) is 32.2 Å². The second-order valence-electron chi connectivity index (χ2n) is 2.18. The van der Waals surface area contributed by atoms with E-state index in [1.165, 1.54) is 0 Å². The molecule has 2 aromatic heterocycles. The Morgan fingerprint density at radius 1 is 1.42 bits per heavy atom. The summed E-state index contributed by atoms with van der Waals surface area (Å²) in [5.41, 5.74) is 7.09. The molecular formula is C9H13N3. The van der Waals surface area contributed by atoms with Gasteiger partial charge in [0.05, 0.1) is 11.9 Å². The molecule has 2 rings (SSSR count). The first kappa shape index (κ1) is 8.59. The van der Waals surface area contributed by atoms with Crippen molar-refractivity contribution >= 4 is 16.7 Å². The maximum absolute atomic E-state index is 5.51. The van der Waals surface area contributed by atoms with Crippen LogP contribution >= 0.6 is 0 Å². The van der Waals surface area contributed by atoms with Crippen LogP contribution in [-0.2, 0) is 0 Å². The normalized spacial score (nSPS) is 9.17. The number of nitrogen functional groups attached to an aromatic ring is 1. The molecule has 12 heavy (non-hydrogen) atoms. The fourth-order valence-corrected chi connectivity index (χ4v) is 0.957. The molecule has 2 aromatic rings. The van der Waals surface area contributed by atoms with Crippen LogP contribution in [0.4, 0.5) is 5.69 Å². The average molecular weight is 163 g/mol. The summed E-state index contributed by atoms with van der Waals surface area (Å²) in [7, 11) is 0. The second kappa shape index (κ2) is 3.76. The molecule has 3 N–H and O–H groups in total. The van der Waals surface area contributed by atoms with E-state index in [0.29, 0.717) is 5.69 Å². The number of aromatic nitrogens is 2. The molecule has 0 aliphatic heterocycles. The lowest BCUT2D eigenvalue weighted by atomic mass is 10.3. The van der Waals surface area contributed by atoms with Gasteiger partial charge in [0.15, 0.2) is 0 Å². The molecule has 0 bridgehead atoms. The number of rotatable bonds is 0. The Bertz CT molecular complexity index is 351. The van der Waals surface area contributed by atoms with Crippen molar-refractivity contribution in [1.29, 1.82) is 0 Å². The Morgan fingerprint density at radius 2 is 2.17 bits per heavy atom. The molecule has 0 aliphatic rings. The van der Waals surface area contributed by atoms with Crippen molar-refractivity contribution in [1.82, 2.24) is 9.97 Å². The summed E-state index contributed by atoms with van der Waals surface area (Å²) < 4.78 is 0. The highest BCUT2D eigenvalue weighted by molar-refractivity contribution is 5.78. The number of fused-ring (bicyclic) bond motifs is 1. The molecule has 0 amide bonds. The maximum Gasteiger partial charge on any atom is 0.137 e. The fourth-order valence-electron chi connectivity index (χ4n) is 0.957. The average Bonchev–Trinajstić information content (AvgIpc) is 2.54. The first-order valence-electron chi connectivity index (χ1n) is 4.05. The van der Waals surface area contributed by atoms with Gasteiger partial charge in [0.1, 0.15) is 5.65 Å². The monoisotopic (exact) mass is 163 g/mol. The molecule has 0 spiro atoms. The SMILES string of the molecule is CC.Nc1cnc2[nH]ccc2c1. The summed E-state index contributed by atoms with van der Waals surface area (Å²) in [4.78, 5) is 7.04. The minimum absolute atomic E-state index is 0.701. The Hall–Kier alpha value is -1.51. The Kier molecular flexibility index (Phi) is 2.69. The number of nitrogens with one attached hydrogen (secondary N) is 1. The summed E-state index contributed by atoms with van der Waals surface area (Å²) in [5.74, 6) is 0. The van der Waals surface area contributed by atoms with Crippen LogP contribution in [0.15, 0.2) is 24.5 Å². The Morgan fingerprint density at radius 3 is 2.92 bits per heavy atom. The van der Waals surface area contributed by atoms with Crippen molar-refractivity contribution < 1.29 is 0 Å². The molecule has 64 valence electrons. The second-order valence-corrected chi connectivity index (χ2v) is 2.18. The van der Waals surface area contributed by atoms with Gasteiger partial charge in [-0.25, -0.2) is 4.98 Å². The van der Waals surface area contributed by atoms with Crippen LogP contribution < -0.4 is 5.73 Å². The highest BCUT2D eigenvalue weighted by Gasteiger charge is 1.92. The zero-order chi connectivity index (χ0) is 8.97. The molecule has 0 fully saturated rings. The lowest BCUT2D eigenvalue weighted by molar-refractivity contribution is 1.33. The summed E-state index contributed by atoms with van der Waals surface area (Å²) in [6, 6.07) is 3.83. The molecule has 0 unspecified atom stereocenters. The smallest absolute Gasteiger partial charge is 0.137 e. The first-order chi connectivity index (χ1) is 5.86. The Balaban J connectivity index is 0.000000336. The van der Waals surface area contributed by atoms with Gasteiger partial charge in [-0.05, 0) is 12.1 Å². The highest BCUT2D eigenvalue weighted by Crippen LogP contribution is 2.11. The van der Waals surface area contributed by atoms with Crippen molar-refractivity contribution in [2.45, 2.75) is 13.8 Å². The predicted molar refractivity (Wildman–Crippen MR) is 51.9 cm³/mol. The van der Waals surface area contributed by atoms with Gasteiger partial charge in [-0.3, -0.25) is 0 Å². The number of nitrogens with two attached hydrogens (primary N) is 1. The fraction of sp³-hybridized carbons (Fsp3) is 0.222. The standard InChI is InChI=1S/C7H7N3.C2H6/c8-6-3-5-1-2-9-7(5)10-4-6;1-2/h1-4H,8H2,(H,9,10);1-2H3. The van der Waals surface area contributed by atoms with E-state index in [2.05, 4.69) is 9.97 Å². The quantitative estimate of drug-likeness (QED) is 0.625. The highest BCUT2D eigenvalue weighted by atomic mass is 14.8. The third-order valence-electron chi connectivity index (χ3n) is 1.42. The summed E-state index contributed by atoms with van der Waals surface area (Å²) in [6.45, 7) is 4.00. The van der Waals surface area contributed by atoms with Crippen molar-refractivity contribution in [2.75, 3.05) is 5.73 Å². The summed E-state index contributed by atoms with van der Waals surface area (Å²) in [5, 5.41) is 1.06. The van der Waals surface area contributed by atoms with E-state index in [0.717, 1.165) is 11.0 Å². The number of hydrogen-bond donors (Lipinski definition) is 2. The van der Waals surface area contributed by atoms with Gasteiger partial charge in [-0.15, -0.1) is 0 Å². The lowest BCUT2D eigenvalue weighted by Crippen LogP contribution is -1.84. The number of aromatic amines is 1. The molecule has 3 nitrogen and oxygen atoms in total. The first-order valence-corrected chi connectivity index (χ1v) is 4.05. The number of nitrogens with zero attached hydrogens (tertiary/aromatic N) is 1. The predicted octanol–water partition coefficient (Wildman–Crippen LogP) is 2.17. The van der Waals surface area contributed by atoms with Gasteiger partial charge in [-0.1, -0.05) is 13.8 Å². The van der Waals surface area contributed by atoms with Crippen LogP contribution in [0.3, 0.4) is 0 Å². The molecule has 0 atom stereocenters. The molecule has 0 aliphatic carbocycles. The zero-order valence-corrected chi connectivity index (χ0v) is 7.33. The van der Waals surface area contributed by atoms with Crippen molar-refractivity contribution in [3.63, 3.8) is 0 Å². The van der Waals surface area contributed by atoms with E-state index in [-0.39, 0.29) is 0 Å².